The van der Waals surface area contributed by atoms with Crippen LogP contribution in [0.4, 0.5) is 11.4 Å². The molecule has 0 bridgehead atoms. The smallest absolute Gasteiger partial charge is 0.271 e. The molecule has 7 nitrogen and oxygen atoms in total. The number of benzene rings is 2. The molecule has 0 saturated heterocycles. The first kappa shape index (κ1) is 20.4. The highest BCUT2D eigenvalue weighted by molar-refractivity contribution is 6.42. The van der Waals surface area contributed by atoms with Crippen molar-refractivity contribution in [3.8, 4) is 5.69 Å². The molecule has 1 aromatic heterocycles. The normalized spacial score (nSPS) is 12.9. The molecule has 0 N–H and O–H groups in total. The first-order valence-electron chi connectivity index (χ1n) is 9.34. The van der Waals surface area contributed by atoms with Crippen molar-refractivity contribution in [3.05, 3.63) is 79.1 Å². The molecule has 0 saturated carbocycles. The highest BCUT2D eigenvalue weighted by Crippen LogP contribution is 2.33. The van der Waals surface area contributed by atoms with E-state index < -0.39 is 4.92 Å². The number of nitrogens with zero attached hydrogens (tertiary/aromatic N) is 4. The van der Waals surface area contributed by atoms with Crippen LogP contribution in [0.2, 0.25) is 10.0 Å². The molecule has 1 aliphatic rings. The molecule has 1 aliphatic heterocycles. The zero-order valence-corrected chi connectivity index (χ0v) is 17.9. The van der Waals surface area contributed by atoms with Crippen LogP contribution in [-0.4, -0.2) is 27.2 Å². The molecule has 0 radical (unpaired) electrons. The monoisotopic (exact) mass is 444 g/mol. The van der Waals surface area contributed by atoms with Gasteiger partial charge < -0.3 is 4.90 Å². The van der Waals surface area contributed by atoms with Gasteiger partial charge in [0.1, 0.15) is 0 Å². The van der Waals surface area contributed by atoms with Crippen molar-refractivity contribution in [1.29, 1.82) is 0 Å². The Morgan fingerprint density at radius 2 is 1.93 bits per heavy atom. The van der Waals surface area contributed by atoms with Crippen LogP contribution in [-0.2, 0) is 17.6 Å². The van der Waals surface area contributed by atoms with Crippen molar-refractivity contribution < 1.29 is 9.72 Å². The number of carbonyl (C=O) groups excluding carboxylic acids is 1. The maximum absolute atomic E-state index is 13.1. The van der Waals surface area contributed by atoms with Crippen LogP contribution in [0.1, 0.15) is 22.5 Å². The number of anilines is 1. The summed E-state index contributed by atoms with van der Waals surface area (Å²) in [6.07, 6.45) is 0.834. The minimum Gasteiger partial charge on any atom is -0.311 e. The first-order chi connectivity index (χ1) is 14.3. The Kier molecular flexibility index (Phi) is 5.26. The molecule has 9 heteroatoms. The number of halogens is 2. The van der Waals surface area contributed by atoms with E-state index in [9.17, 15) is 14.9 Å². The van der Waals surface area contributed by atoms with E-state index in [4.69, 9.17) is 23.2 Å². The van der Waals surface area contributed by atoms with Gasteiger partial charge in [0.15, 0.2) is 0 Å². The molecule has 0 aliphatic carbocycles. The molecular weight excluding hydrogens is 427 g/mol. The lowest BCUT2D eigenvalue weighted by Gasteiger charge is -2.17. The summed E-state index contributed by atoms with van der Waals surface area (Å²) in [6, 6.07) is 9.91. The van der Waals surface area contributed by atoms with Crippen LogP contribution < -0.4 is 4.90 Å². The van der Waals surface area contributed by atoms with Gasteiger partial charge in [0.25, 0.3) is 5.69 Å². The molecular formula is C21H18Cl2N4O3. The van der Waals surface area contributed by atoms with E-state index in [2.05, 4.69) is 5.10 Å². The van der Waals surface area contributed by atoms with Crippen LogP contribution in [0.15, 0.2) is 36.4 Å². The van der Waals surface area contributed by atoms with Gasteiger partial charge in [-0.05, 0) is 44.0 Å². The van der Waals surface area contributed by atoms with Crippen molar-refractivity contribution in [2.24, 2.45) is 0 Å². The highest BCUT2D eigenvalue weighted by atomic mass is 35.5. The Balaban J connectivity index is 1.63. The lowest BCUT2D eigenvalue weighted by atomic mass is 10.1. The highest BCUT2D eigenvalue weighted by Gasteiger charge is 2.28. The summed E-state index contributed by atoms with van der Waals surface area (Å²) in [7, 11) is 0. The zero-order valence-electron chi connectivity index (χ0n) is 16.4. The number of nitro groups is 1. The number of hydrogen-bond acceptors (Lipinski definition) is 4. The summed E-state index contributed by atoms with van der Waals surface area (Å²) >= 11 is 12.1. The lowest BCUT2D eigenvalue weighted by Crippen LogP contribution is -2.30. The van der Waals surface area contributed by atoms with Gasteiger partial charge in [-0.25, -0.2) is 4.68 Å². The van der Waals surface area contributed by atoms with Crippen molar-refractivity contribution in [2.45, 2.75) is 26.7 Å². The third-order valence-electron chi connectivity index (χ3n) is 5.39. The molecule has 0 fully saturated rings. The minimum atomic E-state index is -0.448. The Bertz CT molecular complexity index is 1190. The van der Waals surface area contributed by atoms with Crippen LogP contribution in [0.3, 0.4) is 0 Å². The fourth-order valence-corrected chi connectivity index (χ4v) is 4.08. The number of aromatic nitrogens is 2. The molecule has 4 rings (SSSR count). The van der Waals surface area contributed by atoms with Gasteiger partial charge in [0, 0.05) is 29.9 Å². The second-order valence-electron chi connectivity index (χ2n) is 7.20. The SMILES string of the molecule is Cc1nn(-c2ccc(Cl)c(Cl)c2)c(C)c1CC(=O)N1CCc2ccc([N+](=O)[O-])cc21. The predicted molar refractivity (Wildman–Crippen MR) is 116 cm³/mol. The summed E-state index contributed by atoms with van der Waals surface area (Å²) in [5, 5.41) is 16.6. The third kappa shape index (κ3) is 3.55. The summed E-state index contributed by atoms with van der Waals surface area (Å²) in [5.41, 5.74) is 4.68. The van der Waals surface area contributed by atoms with Crippen molar-refractivity contribution in [2.75, 3.05) is 11.4 Å². The second-order valence-corrected chi connectivity index (χ2v) is 8.02. The molecule has 2 aromatic carbocycles. The summed E-state index contributed by atoms with van der Waals surface area (Å²) in [5.74, 6) is -0.117. The molecule has 0 unspecified atom stereocenters. The maximum atomic E-state index is 13.1. The largest absolute Gasteiger partial charge is 0.311 e. The third-order valence-corrected chi connectivity index (χ3v) is 6.13. The van der Waals surface area contributed by atoms with E-state index in [0.717, 1.165) is 28.2 Å². The molecule has 30 heavy (non-hydrogen) atoms. The van der Waals surface area contributed by atoms with E-state index in [0.29, 0.717) is 28.7 Å². The van der Waals surface area contributed by atoms with E-state index in [1.165, 1.54) is 12.1 Å². The van der Waals surface area contributed by atoms with Crippen LogP contribution in [0.5, 0.6) is 0 Å². The lowest BCUT2D eigenvalue weighted by molar-refractivity contribution is -0.384. The van der Waals surface area contributed by atoms with Crippen LogP contribution in [0, 0.1) is 24.0 Å². The van der Waals surface area contributed by atoms with Gasteiger partial charge in [0.05, 0.1) is 38.5 Å². The van der Waals surface area contributed by atoms with Crippen molar-refractivity contribution >= 4 is 40.5 Å². The van der Waals surface area contributed by atoms with E-state index in [-0.39, 0.29) is 18.0 Å². The van der Waals surface area contributed by atoms with Gasteiger partial charge >= 0.3 is 0 Å². The van der Waals surface area contributed by atoms with E-state index >= 15 is 0 Å². The first-order valence-corrected chi connectivity index (χ1v) is 10.1. The molecule has 3 aromatic rings. The van der Waals surface area contributed by atoms with Crippen molar-refractivity contribution in [3.63, 3.8) is 0 Å². The Morgan fingerprint density at radius 3 is 2.63 bits per heavy atom. The van der Waals surface area contributed by atoms with Gasteiger partial charge in [-0.15, -0.1) is 0 Å². The topological polar surface area (TPSA) is 81.3 Å². The van der Waals surface area contributed by atoms with Crippen LogP contribution in [0.25, 0.3) is 5.69 Å². The van der Waals surface area contributed by atoms with Gasteiger partial charge in [0.2, 0.25) is 5.91 Å². The molecule has 154 valence electrons. The molecule has 0 atom stereocenters. The number of aryl methyl sites for hydroxylation is 1. The fraction of sp³-hybridized carbons (Fsp3) is 0.238. The molecule has 0 spiro atoms. The average molecular weight is 445 g/mol. The number of hydrogen-bond donors (Lipinski definition) is 0. The Hall–Kier alpha value is -2.90. The Labute approximate surface area is 183 Å². The average Bonchev–Trinajstić information content (AvgIpc) is 3.25. The van der Waals surface area contributed by atoms with E-state index in [1.54, 1.807) is 27.8 Å². The molecule has 2 heterocycles. The zero-order chi connectivity index (χ0) is 21.6. The summed E-state index contributed by atoms with van der Waals surface area (Å²) in [4.78, 5) is 25.4. The number of rotatable bonds is 4. The minimum absolute atomic E-state index is 0.0201. The van der Waals surface area contributed by atoms with Crippen LogP contribution >= 0.6 is 23.2 Å². The van der Waals surface area contributed by atoms with Gasteiger partial charge in [-0.1, -0.05) is 29.3 Å². The number of non-ortho nitro benzene ring substituents is 1. The molecule has 1 amide bonds. The van der Waals surface area contributed by atoms with Gasteiger partial charge in [-0.2, -0.15) is 5.10 Å². The van der Waals surface area contributed by atoms with E-state index in [1.807, 2.05) is 19.9 Å². The number of carbonyl (C=O) groups is 1. The number of nitro benzene ring substituents is 1. The van der Waals surface area contributed by atoms with Crippen molar-refractivity contribution in [1.82, 2.24) is 9.78 Å². The number of fused-ring (bicyclic) bond motifs is 1. The standard InChI is InChI=1S/C21H18Cl2N4O3/c1-12-17(13(2)26(24-12)15-5-6-18(22)19(23)9-15)11-21(28)25-8-7-14-3-4-16(27(29)30)10-20(14)25/h3-6,9-10H,7-8,11H2,1-2H3. The Morgan fingerprint density at radius 1 is 1.17 bits per heavy atom. The summed E-state index contributed by atoms with van der Waals surface area (Å²) < 4.78 is 1.74. The second kappa shape index (κ2) is 7.74. The quantitative estimate of drug-likeness (QED) is 0.425. The fourth-order valence-electron chi connectivity index (χ4n) is 3.79. The predicted octanol–water partition coefficient (Wildman–Crippen LogP) is 4.84. The summed E-state index contributed by atoms with van der Waals surface area (Å²) in [6.45, 7) is 4.26. The van der Waals surface area contributed by atoms with Gasteiger partial charge in [-0.3, -0.25) is 14.9 Å². The maximum Gasteiger partial charge on any atom is 0.271 e. The number of amides is 1.